The Hall–Kier alpha value is -3.70. The molecule has 1 N–H and O–H groups in total. The van der Waals surface area contributed by atoms with E-state index in [-0.39, 0.29) is 28.4 Å². The highest BCUT2D eigenvalue weighted by molar-refractivity contribution is 6.34. The number of piperidine rings is 1. The van der Waals surface area contributed by atoms with Gasteiger partial charge in [0.05, 0.1) is 11.2 Å². The SMILES string of the molecule is CC(=O)N1CCCC(Cn2ncc(Cl)c2C(=O)Nc2ncc(C#Cc3ccccc3)cc2F)C1. The monoisotopic (exact) mass is 479 g/mol. The third kappa shape index (κ3) is 5.61. The van der Waals surface area contributed by atoms with E-state index in [2.05, 4.69) is 27.2 Å². The third-order valence-electron chi connectivity index (χ3n) is 5.60. The molecular formula is C25H23ClFN5O2. The Morgan fingerprint density at radius 1 is 1.21 bits per heavy atom. The van der Waals surface area contributed by atoms with E-state index < -0.39 is 11.7 Å². The molecule has 0 saturated carbocycles. The van der Waals surface area contributed by atoms with Crippen molar-refractivity contribution in [1.82, 2.24) is 19.7 Å². The molecule has 1 unspecified atom stereocenters. The van der Waals surface area contributed by atoms with Crippen molar-refractivity contribution < 1.29 is 14.0 Å². The van der Waals surface area contributed by atoms with Crippen LogP contribution in [-0.2, 0) is 11.3 Å². The quantitative estimate of drug-likeness (QED) is 0.574. The van der Waals surface area contributed by atoms with Crippen LogP contribution in [0.1, 0.15) is 41.4 Å². The van der Waals surface area contributed by atoms with Crippen LogP contribution in [0.4, 0.5) is 10.2 Å². The van der Waals surface area contributed by atoms with E-state index in [4.69, 9.17) is 11.6 Å². The van der Waals surface area contributed by atoms with Gasteiger partial charge >= 0.3 is 0 Å². The molecule has 7 nitrogen and oxygen atoms in total. The summed E-state index contributed by atoms with van der Waals surface area (Å²) in [6, 6.07) is 10.5. The summed E-state index contributed by atoms with van der Waals surface area (Å²) in [6.45, 7) is 3.29. The highest BCUT2D eigenvalue weighted by atomic mass is 35.5. The summed E-state index contributed by atoms with van der Waals surface area (Å²) in [5.41, 5.74) is 1.30. The Morgan fingerprint density at radius 2 is 1.97 bits per heavy atom. The van der Waals surface area contributed by atoms with Crippen molar-refractivity contribution in [1.29, 1.82) is 0 Å². The fourth-order valence-corrected chi connectivity index (χ4v) is 4.13. The van der Waals surface area contributed by atoms with Crippen molar-refractivity contribution in [2.45, 2.75) is 26.3 Å². The average Bonchev–Trinajstić information content (AvgIpc) is 3.20. The molecule has 1 fully saturated rings. The van der Waals surface area contributed by atoms with Crippen molar-refractivity contribution in [3.05, 3.63) is 76.5 Å². The first-order valence-corrected chi connectivity index (χ1v) is 11.3. The number of carbonyl (C=O) groups excluding carboxylic acids is 2. The second kappa shape index (κ2) is 10.5. The van der Waals surface area contributed by atoms with Crippen LogP contribution in [0.15, 0.2) is 48.8 Å². The van der Waals surface area contributed by atoms with Crippen LogP contribution in [0.5, 0.6) is 0 Å². The Labute approximate surface area is 201 Å². The fraction of sp³-hybridized carbons (Fsp3) is 0.280. The average molecular weight is 480 g/mol. The first-order chi connectivity index (χ1) is 16.4. The molecular weight excluding hydrogens is 457 g/mol. The summed E-state index contributed by atoms with van der Waals surface area (Å²) in [5, 5.41) is 6.85. The van der Waals surface area contributed by atoms with E-state index in [0.717, 1.165) is 24.9 Å². The summed E-state index contributed by atoms with van der Waals surface area (Å²) >= 11 is 6.23. The van der Waals surface area contributed by atoms with E-state index in [9.17, 15) is 14.0 Å². The van der Waals surface area contributed by atoms with Crippen molar-refractivity contribution in [3.8, 4) is 11.8 Å². The number of nitrogens with zero attached hydrogens (tertiary/aromatic N) is 4. The largest absolute Gasteiger partial charge is 0.343 e. The Kier molecular flexibility index (Phi) is 7.24. The molecule has 1 aliphatic heterocycles. The molecule has 0 radical (unpaired) electrons. The lowest BCUT2D eigenvalue weighted by atomic mass is 9.98. The molecule has 2 aromatic heterocycles. The number of carbonyl (C=O) groups is 2. The van der Waals surface area contributed by atoms with E-state index in [1.807, 2.05) is 30.3 Å². The van der Waals surface area contributed by atoms with E-state index in [1.165, 1.54) is 23.1 Å². The minimum Gasteiger partial charge on any atom is -0.343 e. The number of amides is 2. The minimum atomic E-state index is -0.709. The molecule has 3 heterocycles. The zero-order valence-electron chi connectivity index (χ0n) is 18.6. The molecule has 2 amide bonds. The first kappa shape index (κ1) is 23.5. The number of hydrogen-bond donors (Lipinski definition) is 1. The van der Waals surface area contributed by atoms with Gasteiger partial charge in [-0.3, -0.25) is 14.3 Å². The second-order valence-corrected chi connectivity index (χ2v) is 8.53. The van der Waals surface area contributed by atoms with Gasteiger partial charge in [-0.2, -0.15) is 5.10 Å². The smallest absolute Gasteiger partial charge is 0.276 e. The van der Waals surface area contributed by atoms with Crippen LogP contribution in [0.25, 0.3) is 0 Å². The van der Waals surface area contributed by atoms with Crippen LogP contribution in [0, 0.1) is 23.6 Å². The van der Waals surface area contributed by atoms with Gasteiger partial charge in [0.15, 0.2) is 11.6 Å². The van der Waals surface area contributed by atoms with Gasteiger partial charge in [0.2, 0.25) is 5.91 Å². The van der Waals surface area contributed by atoms with Gasteiger partial charge in [-0.25, -0.2) is 9.37 Å². The Morgan fingerprint density at radius 3 is 2.71 bits per heavy atom. The third-order valence-corrected chi connectivity index (χ3v) is 5.88. The summed E-state index contributed by atoms with van der Waals surface area (Å²) in [4.78, 5) is 30.4. The number of aromatic nitrogens is 3. The maximum absolute atomic E-state index is 14.6. The molecule has 3 aromatic rings. The number of anilines is 1. The number of nitrogens with one attached hydrogen (secondary N) is 1. The summed E-state index contributed by atoms with van der Waals surface area (Å²) < 4.78 is 16.1. The van der Waals surface area contributed by atoms with Gasteiger partial charge in [-0.1, -0.05) is 41.6 Å². The maximum Gasteiger partial charge on any atom is 0.276 e. The lowest BCUT2D eigenvalue weighted by molar-refractivity contribution is -0.130. The second-order valence-electron chi connectivity index (χ2n) is 8.12. The van der Waals surface area contributed by atoms with Gasteiger partial charge in [0.1, 0.15) is 5.69 Å². The number of likely N-dealkylation sites (tertiary alicyclic amines) is 1. The molecule has 0 aliphatic carbocycles. The highest BCUT2D eigenvalue weighted by Gasteiger charge is 2.25. The molecule has 174 valence electrons. The molecule has 34 heavy (non-hydrogen) atoms. The normalized spacial score (nSPS) is 15.4. The topological polar surface area (TPSA) is 80.1 Å². The highest BCUT2D eigenvalue weighted by Crippen LogP contribution is 2.23. The molecule has 0 spiro atoms. The van der Waals surface area contributed by atoms with Gasteiger partial charge in [-0.05, 0) is 37.0 Å². The number of rotatable bonds is 4. The summed E-state index contributed by atoms with van der Waals surface area (Å²) in [5.74, 6) is 4.41. The number of hydrogen-bond acceptors (Lipinski definition) is 4. The molecule has 1 aromatic carbocycles. The zero-order valence-corrected chi connectivity index (χ0v) is 19.3. The van der Waals surface area contributed by atoms with Crippen LogP contribution >= 0.6 is 11.6 Å². The Bertz CT molecular complexity index is 1270. The zero-order chi connectivity index (χ0) is 24.1. The van der Waals surface area contributed by atoms with Crippen molar-refractivity contribution in [2.75, 3.05) is 18.4 Å². The van der Waals surface area contributed by atoms with E-state index in [0.29, 0.717) is 18.7 Å². The van der Waals surface area contributed by atoms with Crippen LogP contribution < -0.4 is 5.32 Å². The van der Waals surface area contributed by atoms with Crippen molar-refractivity contribution in [3.63, 3.8) is 0 Å². The molecule has 1 atom stereocenters. The summed E-state index contributed by atoms with van der Waals surface area (Å²) in [7, 11) is 0. The predicted molar refractivity (Wildman–Crippen MR) is 127 cm³/mol. The molecule has 1 aliphatic rings. The standard InChI is InChI=1S/C25H23ClFN5O2/c1-17(33)31-11-5-8-20(15-31)16-32-23(21(26)14-29-32)25(34)30-24-22(27)12-19(13-28-24)10-9-18-6-3-2-4-7-18/h2-4,6-7,12-14,20H,5,8,11,15-16H2,1H3,(H,28,30,34). The number of halogens is 2. The molecule has 1 saturated heterocycles. The molecule has 9 heteroatoms. The van der Waals surface area contributed by atoms with Gasteiger partial charge in [0, 0.05) is 43.9 Å². The van der Waals surface area contributed by atoms with Crippen LogP contribution in [0.3, 0.4) is 0 Å². The molecule has 4 rings (SSSR count). The maximum atomic E-state index is 14.6. The van der Waals surface area contributed by atoms with Crippen molar-refractivity contribution >= 4 is 29.2 Å². The lowest BCUT2D eigenvalue weighted by Crippen LogP contribution is -2.40. The van der Waals surface area contributed by atoms with Gasteiger partial charge in [0.25, 0.3) is 5.91 Å². The Balaban J connectivity index is 1.46. The van der Waals surface area contributed by atoms with E-state index in [1.54, 1.807) is 11.8 Å². The van der Waals surface area contributed by atoms with Crippen molar-refractivity contribution in [2.24, 2.45) is 5.92 Å². The minimum absolute atomic E-state index is 0.0274. The van der Waals surface area contributed by atoms with Crippen LogP contribution in [0.2, 0.25) is 5.02 Å². The van der Waals surface area contributed by atoms with Gasteiger partial charge in [-0.15, -0.1) is 0 Å². The van der Waals surface area contributed by atoms with Crippen LogP contribution in [-0.4, -0.2) is 44.6 Å². The predicted octanol–water partition coefficient (Wildman–Crippen LogP) is 3.98. The summed E-state index contributed by atoms with van der Waals surface area (Å²) in [6.07, 6.45) is 4.57. The molecule has 0 bridgehead atoms. The lowest BCUT2D eigenvalue weighted by Gasteiger charge is -2.32. The van der Waals surface area contributed by atoms with E-state index >= 15 is 0 Å². The van der Waals surface area contributed by atoms with Gasteiger partial charge < -0.3 is 10.2 Å². The fourth-order valence-electron chi connectivity index (χ4n) is 3.90. The number of pyridine rings is 1. The first-order valence-electron chi connectivity index (χ1n) is 10.9. The number of benzene rings is 1.